The van der Waals surface area contributed by atoms with E-state index in [1.54, 1.807) is 6.20 Å². The van der Waals surface area contributed by atoms with Gasteiger partial charge in [-0.2, -0.15) is 0 Å². The summed E-state index contributed by atoms with van der Waals surface area (Å²) in [4.78, 5) is 14.7. The molecule has 1 atom stereocenters. The molecule has 1 N–H and O–H groups in total. The van der Waals surface area contributed by atoms with Crippen LogP contribution in [-0.4, -0.2) is 16.9 Å². The van der Waals surface area contributed by atoms with E-state index in [2.05, 4.69) is 10.3 Å². The molecule has 0 aliphatic heterocycles. The number of pyridine rings is 1. The molecule has 3 nitrogen and oxygen atoms in total. The number of hydrogen-bond acceptors (Lipinski definition) is 2. The quantitative estimate of drug-likeness (QED) is 0.754. The predicted molar refractivity (Wildman–Crippen MR) is 51.2 cm³/mol. The second-order valence-electron chi connectivity index (χ2n) is 3.17. The minimum absolute atomic E-state index is 0.0105. The second-order valence-corrected chi connectivity index (χ2v) is 3.17. The molecule has 0 fully saturated rings. The van der Waals surface area contributed by atoms with Crippen LogP contribution in [0.3, 0.4) is 0 Å². The van der Waals surface area contributed by atoms with Gasteiger partial charge < -0.3 is 5.32 Å². The Kier molecular flexibility index (Phi) is 3.43. The van der Waals surface area contributed by atoms with E-state index in [1.165, 1.54) is 6.92 Å². The first-order chi connectivity index (χ1) is 6.18. The van der Waals surface area contributed by atoms with Crippen LogP contribution in [0.4, 0.5) is 0 Å². The summed E-state index contributed by atoms with van der Waals surface area (Å²) in [5.41, 5.74) is 1.14. The van der Waals surface area contributed by atoms with Gasteiger partial charge in [-0.1, -0.05) is 6.07 Å². The van der Waals surface area contributed by atoms with Crippen molar-refractivity contribution < 1.29 is 4.79 Å². The Balaban J connectivity index is 2.45. The van der Waals surface area contributed by atoms with E-state index in [-0.39, 0.29) is 11.9 Å². The lowest BCUT2D eigenvalue weighted by atomic mass is 10.1. The molecule has 3 heteroatoms. The Morgan fingerprint density at radius 2 is 2.46 bits per heavy atom. The van der Waals surface area contributed by atoms with Crippen LogP contribution in [0.15, 0.2) is 24.5 Å². The van der Waals surface area contributed by atoms with Crippen molar-refractivity contribution in [2.24, 2.45) is 0 Å². The van der Waals surface area contributed by atoms with Crippen molar-refractivity contribution >= 4 is 5.91 Å². The molecule has 0 spiro atoms. The monoisotopic (exact) mass is 178 g/mol. The topological polar surface area (TPSA) is 42.0 Å². The Bertz CT molecular complexity index is 272. The third kappa shape index (κ3) is 3.69. The fraction of sp³-hybridized carbons (Fsp3) is 0.400. The van der Waals surface area contributed by atoms with Gasteiger partial charge in [0.05, 0.1) is 0 Å². The van der Waals surface area contributed by atoms with E-state index >= 15 is 0 Å². The van der Waals surface area contributed by atoms with Gasteiger partial charge in [0.25, 0.3) is 0 Å². The lowest BCUT2D eigenvalue weighted by Gasteiger charge is -2.11. The van der Waals surface area contributed by atoms with Crippen molar-refractivity contribution in [3.8, 4) is 0 Å². The summed E-state index contributed by atoms with van der Waals surface area (Å²) in [5.74, 6) is 0.0105. The van der Waals surface area contributed by atoms with Gasteiger partial charge in [-0.25, -0.2) is 0 Å². The van der Waals surface area contributed by atoms with Gasteiger partial charge in [0.1, 0.15) is 0 Å². The minimum Gasteiger partial charge on any atom is -0.354 e. The molecule has 0 radical (unpaired) electrons. The highest BCUT2D eigenvalue weighted by molar-refractivity contribution is 5.73. The molecule has 1 aromatic heterocycles. The van der Waals surface area contributed by atoms with E-state index < -0.39 is 0 Å². The predicted octanol–water partition coefficient (Wildman–Crippen LogP) is 1.15. The summed E-state index contributed by atoms with van der Waals surface area (Å²) in [6.07, 6.45) is 4.39. The van der Waals surface area contributed by atoms with Gasteiger partial charge in [-0.15, -0.1) is 0 Å². The zero-order valence-corrected chi connectivity index (χ0v) is 7.95. The van der Waals surface area contributed by atoms with Crippen LogP contribution in [0.5, 0.6) is 0 Å². The van der Waals surface area contributed by atoms with Gasteiger partial charge in [0.2, 0.25) is 5.91 Å². The SMILES string of the molecule is CC(=O)N[C@@H](C)Cc1cccnc1. The van der Waals surface area contributed by atoms with Gasteiger partial charge in [-0.05, 0) is 25.0 Å². The highest BCUT2D eigenvalue weighted by Gasteiger charge is 2.03. The summed E-state index contributed by atoms with van der Waals surface area (Å²) < 4.78 is 0. The Labute approximate surface area is 78.2 Å². The normalized spacial score (nSPS) is 12.2. The van der Waals surface area contributed by atoms with E-state index in [9.17, 15) is 4.79 Å². The molecule has 0 saturated carbocycles. The average Bonchev–Trinajstić information content (AvgIpc) is 2.04. The molecule has 0 aliphatic rings. The largest absolute Gasteiger partial charge is 0.354 e. The van der Waals surface area contributed by atoms with Crippen LogP contribution in [0, 0.1) is 0 Å². The smallest absolute Gasteiger partial charge is 0.217 e. The highest BCUT2D eigenvalue weighted by Crippen LogP contribution is 2.00. The third-order valence-electron chi connectivity index (χ3n) is 1.71. The van der Waals surface area contributed by atoms with Crippen LogP contribution >= 0.6 is 0 Å². The van der Waals surface area contributed by atoms with Crippen molar-refractivity contribution in [3.05, 3.63) is 30.1 Å². The summed E-state index contributed by atoms with van der Waals surface area (Å²) >= 11 is 0. The van der Waals surface area contributed by atoms with Crippen molar-refractivity contribution in [2.45, 2.75) is 26.3 Å². The van der Waals surface area contributed by atoms with Gasteiger partial charge in [0, 0.05) is 25.4 Å². The standard InChI is InChI=1S/C10H14N2O/c1-8(12-9(2)13)6-10-4-3-5-11-7-10/h3-5,7-8H,6H2,1-2H3,(H,12,13)/t8-/m0/s1. The molecule has 0 bridgehead atoms. The molecule has 0 unspecified atom stereocenters. The van der Waals surface area contributed by atoms with Gasteiger partial charge in [-0.3, -0.25) is 9.78 Å². The first-order valence-electron chi connectivity index (χ1n) is 4.34. The fourth-order valence-corrected chi connectivity index (χ4v) is 1.27. The van der Waals surface area contributed by atoms with Gasteiger partial charge in [0.15, 0.2) is 0 Å². The number of rotatable bonds is 3. The van der Waals surface area contributed by atoms with E-state index in [0.29, 0.717) is 0 Å². The lowest BCUT2D eigenvalue weighted by molar-refractivity contribution is -0.119. The molecule has 70 valence electrons. The fourth-order valence-electron chi connectivity index (χ4n) is 1.27. The van der Waals surface area contributed by atoms with Crippen LogP contribution in [0.2, 0.25) is 0 Å². The zero-order chi connectivity index (χ0) is 9.68. The molecule has 1 amide bonds. The minimum atomic E-state index is 0.0105. The molecular weight excluding hydrogens is 164 g/mol. The van der Waals surface area contributed by atoms with Crippen molar-refractivity contribution in [1.29, 1.82) is 0 Å². The second kappa shape index (κ2) is 4.60. The Morgan fingerprint density at radius 1 is 1.69 bits per heavy atom. The number of nitrogens with zero attached hydrogens (tertiary/aromatic N) is 1. The molecule has 0 aliphatic carbocycles. The first kappa shape index (κ1) is 9.71. The molecule has 13 heavy (non-hydrogen) atoms. The molecule has 1 rings (SSSR count). The van der Waals surface area contributed by atoms with Crippen LogP contribution < -0.4 is 5.32 Å². The maximum atomic E-state index is 10.7. The maximum Gasteiger partial charge on any atom is 0.217 e. The van der Waals surface area contributed by atoms with Crippen LogP contribution in [0.25, 0.3) is 0 Å². The number of carbonyl (C=O) groups excluding carboxylic acids is 1. The summed E-state index contributed by atoms with van der Waals surface area (Å²) in [6.45, 7) is 3.51. The number of carbonyl (C=O) groups is 1. The van der Waals surface area contributed by atoms with Crippen LogP contribution in [0.1, 0.15) is 19.4 Å². The number of aromatic nitrogens is 1. The summed E-state index contributed by atoms with van der Waals surface area (Å²) in [6, 6.07) is 4.07. The van der Waals surface area contributed by atoms with E-state index in [0.717, 1.165) is 12.0 Å². The Morgan fingerprint density at radius 3 is 3.00 bits per heavy atom. The maximum absolute atomic E-state index is 10.7. The molecule has 0 aromatic carbocycles. The number of amides is 1. The molecule has 0 saturated heterocycles. The lowest BCUT2D eigenvalue weighted by Crippen LogP contribution is -2.32. The summed E-state index contributed by atoms with van der Waals surface area (Å²) in [5, 5.41) is 2.82. The number of nitrogens with one attached hydrogen (secondary N) is 1. The van der Waals surface area contributed by atoms with Gasteiger partial charge >= 0.3 is 0 Å². The van der Waals surface area contributed by atoms with Crippen LogP contribution in [-0.2, 0) is 11.2 Å². The van der Waals surface area contributed by atoms with Crippen molar-refractivity contribution in [3.63, 3.8) is 0 Å². The zero-order valence-electron chi connectivity index (χ0n) is 7.95. The van der Waals surface area contributed by atoms with E-state index in [4.69, 9.17) is 0 Å². The Hall–Kier alpha value is -1.38. The average molecular weight is 178 g/mol. The molecule has 1 heterocycles. The molecule has 1 aromatic rings. The first-order valence-corrected chi connectivity index (χ1v) is 4.34. The van der Waals surface area contributed by atoms with Crippen molar-refractivity contribution in [2.75, 3.05) is 0 Å². The third-order valence-corrected chi connectivity index (χ3v) is 1.71. The molecular formula is C10H14N2O. The van der Waals surface area contributed by atoms with Crippen molar-refractivity contribution in [1.82, 2.24) is 10.3 Å². The summed E-state index contributed by atoms with van der Waals surface area (Å²) in [7, 11) is 0. The number of hydrogen-bond donors (Lipinski definition) is 1. The highest BCUT2D eigenvalue weighted by atomic mass is 16.1. The van der Waals surface area contributed by atoms with E-state index in [1.807, 2.05) is 25.3 Å².